The number of piperazine rings is 1. The third-order valence-corrected chi connectivity index (χ3v) is 4.52. The average molecular weight is 318 g/mol. The Hall–Kier alpha value is -2.08. The van der Waals surface area contributed by atoms with Crippen molar-refractivity contribution in [3.8, 4) is 0 Å². The molecule has 2 fully saturated rings. The summed E-state index contributed by atoms with van der Waals surface area (Å²) in [6, 6.07) is 7.40. The van der Waals surface area contributed by atoms with Gasteiger partial charge in [-0.3, -0.25) is 4.79 Å². The van der Waals surface area contributed by atoms with Crippen LogP contribution >= 0.6 is 0 Å². The summed E-state index contributed by atoms with van der Waals surface area (Å²) in [5.74, 6) is -0.0603. The molecule has 1 aromatic rings. The molecule has 0 aliphatic carbocycles. The Morgan fingerprint density at radius 2 is 1.83 bits per heavy atom. The first kappa shape index (κ1) is 15.8. The van der Waals surface area contributed by atoms with Gasteiger partial charge in [-0.1, -0.05) is 0 Å². The van der Waals surface area contributed by atoms with Gasteiger partial charge in [0.05, 0.1) is 25.2 Å². The molecule has 1 amide bonds. The van der Waals surface area contributed by atoms with Crippen LogP contribution in [0.1, 0.15) is 16.8 Å². The fourth-order valence-corrected chi connectivity index (χ4v) is 3.10. The Kier molecular flexibility index (Phi) is 4.81. The normalized spacial score (nSPS) is 21.3. The summed E-state index contributed by atoms with van der Waals surface area (Å²) in [6.45, 7) is 4.33. The molecule has 0 saturated carbocycles. The fraction of sp³-hybridized carbons (Fsp3) is 0.529. The van der Waals surface area contributed by atoms with Crippen LogP contribution in [0.2, 0.25) is 0 Å². The van der Waals surface area contributed by atoms with Crippen molar-refractivity contribution in [2.45, 2.75) is 6.42 Å². The van der Waals surface area contributed by atoms with E-state index < -0.39 is 0 Å². The zero-order valence-electron chi connectivity index (χ0n) is 13.4. The molecule has 2 aliphatic rings. The fourth-order valence-electron chi connectivity index (χ4n) is 3.10. The first-order valence-electron chi connectivity index (χ1n) is 7.99. The van der Waals surface area contributed by atoms with Gasteiger partial charge in [-0.05, 0) is 30.7 Å². The molecule has 0 bridgehead atoms. The van der Waals surface area contributed by atoms with Gasteiger partial charge in [0.25, 0.3) is 0 Å². The van der Waals surface area contributed by atoms with Crippen molar-refractivity contribution in [3.05, 3.63) is 29.8 Å². The summed E-state index contributed by atoms with van der Waals surface area (Å²) >= 11 is 0. The summed E-state index contributed by atoms with van der Waals surface area (Å²) in [6.07, 6.45) is 0.841. The van der Waals surface area contributed by atoms with E-state index in [0.717, 1.165) is 38.3 Å². The topological polar surface area (TPSA) is 59.1 Å². The molecule has 1 aromatic carbocycles. The van der Waals surface area contributed by atoms with Gasteiger partial charge < -0.3 is 19.3 Å². The number of amides is 1. The van der Waals surface area contributed by atoms with Crippen molar-refractivity contribution in [1.82, 2.24) is 4.90 Å². The lowest BCUT2D eigenvalue weighted by molar-refractivity contribution is -0.135. The smallest absolute Gasteiger partial charge is 0.337 e. The maximum absolute atomic E-state index is 12.4. The van der Waals surface area contributed by atoms with Crippen molar-refractivity contribution < 1.29 is 19.1 Å². The highest BCUT2D eigenvalue weighted by molar-refractivity contribution is 5.89. The van der Waals surface area contributed by atoms with Crippen LogP contribution in [0.3, 0.4) is 0 Å². The van der Waals surface area contributed by atoms with Gasteiger partial charge in [0.1, 0.15) is 0 Å². The van der Waals surface area contributed by atoms with Crippen LogP contribution in [0.5, 0.6) is 0 Å². The van der Waals surface area contributed by atoms with Crippen LogP contribution < -0.4 is 4.90 Å². The molecule has 2 aliphatic heterocycles. The number of esters is 1. The SMILES string of the molecule is COC(=O)c1ccc(N2CCN(C(=O)C3CCOC3)CC2)cc1. The first-order chi connectivity index (χ1) is 11.2. The van der Waals surface area contributed by atoms with E-state index in [2.05, 4.69) is 4.90 Å². The second-order valence-electron chi connectivity index (χ2n) is 5.91. The Labute approximate surface area is 136 Å². The number of ether oxygens (including phenoxy) is 2. The molecule has 0 aromatic heterocycles. The van der Waals surface area contributed by atoms with Crippen LogP contribution in [-0.2, 0) is 14.3 Å². The number of rotatable bonds is 3. The number of hydrogen-bond acceptors (Lipinski definition) is 5. The molecule has 1 unspecified atom stereocenters. The van der Waals surface area contributed by atoms with Crippen molar-refractivity contribution in [3.63, 3.8) is 0 Å². The predicted octanol–water partition coefficient (Wildman–Crippen LogP) is 1.16. The van der Waals surface area contributed by atoms with Crippen LogP contribution in [0.4, 0.5) is 5.69 Å². The number of benzene rings is 1. The summed E-state index contributed by atoms with van der Waals surface area (Å²) in [5.41, 5.74) is 1.61. The van der Waals surface area contributed by atoms with Gasteiger partial charge in [-0.15, -0.1) is 0 Å². The van der Waals surface area contributed by atoms with E-state index >= 15 is 0 Å². The first-order valence-corrected chi connectivity index (χ1v) is 7.99. The zero-order chi connectivity index (χ0) is 16.2. The molecule has 23 heavy (non-hydrogen) atoms. The molecule has 2 saturated heterocycles. The second kappa shape index (κ2) is 7.00. The van der Waals surface area contributed by atoms with Gasteiger partial charge >= 0.3 is 5.97 Å². The van der Waals surface area contributed by atoms with Crippen molar-refractivity contribution in [2.24, 2.45) is 5.92 Å². The number of methoxy groups -OCH3 is 1. The molecular formula is C17H22N2O4. The van der Waals surface area contributed by atoms with E-state index in [1.807, 2.05) is 17.0 Å². The van der Waals surface area contributed by atoms with E-state index in [1.165, 1.54) is 7.11 Å². The quantitative estimate of drug-likeness (QED) is 0.783. The molecule has 6 heteroatoms. The van der Waals surface area contributed by atoms with Crippen LogP contribution in [0, 0.1) is 5.92 Å². The largest absolute Gasteiger partial charge is 0.465 e. The molecule has 1 atom stereocenters. The van der Waals surface area contributed by atoms with Crippen LogP contribution in [0.25, 0.3) is 0 Å². The predicted molar refractivity (Wildman–Crippen MR) is 85.5 cm³/mol. The molecular weight excluding hydrogens is 296 g/mol. The Morgan fingerprint density at radius 3 is 2.39 bits per heavy atom. The zero-order valence-corrected chi connectivity index (χ0v) is 13.4. The van der Waals surface area contributed by atoms with E-state index in [0.29, 0.717) is 18.8 Å². The summed E-state index contributed by atoms with van der Waals surface area (Å²) in [5, 5.41) is 0. The van der Waals surface area contributed by atoms with Crippen molar-refractivity contribution >= 4 is 17.6 Å². The lowest BCUT2D eigenvalue weighted by Gasteiger charge is -2.37. The van der Waals surface area contributed by atoms with E-state index in [4.69, 9.17) is 9.47 Å². The monoisotopic (exact) mass is 318 g/mol. The third kappa shape index (κ3) is 3.47. The molecule has 0 N–H and O–H groups in total. The van der Waals surface area contributed by atoms with Gasteiger partial charge in [0.2, 0.25) is 5.91 Å². The van der Waals surface area contributed by atoms with Gasteiger partial charge in [0, 0.05) is 38.5 Å². The molecule has 0 spiro atoms. The third-order valence-electron chi connectivity index (χ3n) is 4.52. The molecule has 2 heterocycles. The minimum atomic E-state index is -0.328. The second-order valence-corrected chi connectivity index (χ2v) is 5.91. The number of anilines is 1. The maximum Gasteiger partial charge on any atom is 0.337 e. The van der Waals surface area contributed by atoms with E-state index in [1.54, 1.807) is 12.1 Å². The van der Waals surface area contributed by atoms with Crippen molar-refractivity contribution in [1.29, 1.82) is 0 Å². The molecule has 124 valence electrons. The summed E-state index contributed by atoms with van der Waals surface area (Å²) < 4.78 is 10.0. The number of hydrogen-bond donors (Lipinski definition) is 0. The number of carbonyl (C=O) groups is 2. The Bertz CT molecular complexity index is 558. The highest BCUT2D eigenvalue weighted by Crippen LogP contribution is 2.20. The van der Waals surface area contributed by atoms with E-state index in [9.17, 15) is 9.59 Å². The highest BCUT2D eigenvalue weighted by atomic mass is 16.5. The average Bonchev–Trinajstić information content (AvgIpc) is 3.15. The number of nitrogens with zero attached hydrogens (tertiary/aromatic N) is 2. The van der Waals surface area contributed by atoms with Crippen LogP contribution in [0.15, 0.2) is 24.3 Å². The molecule has 0 radical (unpaired) electrons. The Morgan fingerprint density at radius 1 is 1.13 bits per heavy atom. The van der Waals surface area contributed by atoms with Gasteiger partial charge in [0.15, 0.2) is 0 Å². The maximum atomic E-state index is 12.4. The Balaban J connectivity index is 1.56. The van der Waals surface area contributed by atoms with Gasteiger partial charge in [-0.2, -0.15) is 0 Å². The standard InChI is InChI=1S/C17H22N2O4/c1-22-17(21)13-2-4-15(5-3-13)18-7-9-19(10-8-18)16(20)14-6-11-23-12-14/h2-5,14H,6-12H2,1H3. The minimum Gasteiger partial charge on any atom is -0.465 e. The summed E-state index contributed by atoms with van der Waals surface area (Å²) in [4.78, 5) is 28.0. The van der Waals surface area contributed by atoms with Crippen molar-refractivity contribution in [2.75, 3.05) is 51.4 Å². The van der Waals surface area contributed by atoms with Gasteiger partial charge in [-0.25, -0.2) is 4.79 Å². The van der Waals surface area contributed by atoms with Crippen LogP contribution in [-0.4, -0.2) is 63.3 Å². The lowest BCUT2D eigenvalue weighted by Crippen LogP contribution is -2.50. The molecule has 3 rings (SSSR count). The number of carbonyl (C=O) groups excluding carboxylic acids is 2. The highest BCUT2D eigenvalue weighted by Gasteiger charge is 2.30. The molecule has 6 nitrogen and oxygen atoms in total. The minimum absolute atomic E-state index is 0.0425. The van der Waals surface area contributed by atoms with E-state index in [-0.39, 0.29) is 17.8 Å². The summed E-state index contributed by atoms with van der Waals surface area (Å²) in [7, 11) is 1.38. The lowest BCUT2D eigenvalue weighted by atomic mass is 10.1.